The van der Waals surface area contributed by atoms with Crippen molar-refractivity contribution in [3.8, 4) is 5.75 Å². The van der Waals surface area contributed by atoms with Crippen LogP contribution >= 0.6 is 27.5 Å². The van der Waals surface area contributed by atoms with Crippen LogP contribution in [-0.4, -0.2) is 17.1 Å². The Hall–Kier alpha value is -1.92. The Morgan fingerprint density at radius 1 is 1.23 bits per heavy atom. The van der Waals surface area contributed by atoms with E-state index in [1.165, 1.54) is 18.5 Å². The van der Waals surface area contributed by atoms with E-state index in [2.05, 4.69) is 31.2 Å². The number of hydrogen-bond acceptors (Lipinski definition) is 4. The van der Waals surface area contributed by atoms with E-state index < -0.39 is 5.82 Å². The largest absolute Gasteiger partial charge is 0.497 e. The molecule has 0 radical (unpaired) electrons. The van der Waals surface area contributed by atoms with Crippen molar-refractivity contribution in [3.63, 3.8) is 0 Å². The number of nitrogens with one attached hydrogen (secondary N) is 1. The number of nitrogens with zero attached hydrogens (tertiary/aromatic N) is 2. The van der Waals surface area contributed by atoms with Gasteiger partial charge in [0.1, 0.15) is 23.7 Å². The zero-order valence-corrected chi connectivity index (χ0v) is 13.7. The van der Waals surface area contributed by atoms with Crippen LogP contribution in [0, 0.1) is 5.82 Å². The SMILES string of the molecule is COc1ccc2ncnc(Nc3cc(Cl)c(Br)cc3F)c2c1. The molecule has 112 valence electrons. The van der Waals surface area contributed by atoms with Crippen LogP contribution in [-0.2, 0) is 0 Å². The number of aromatic nitrogens is 2. The molecular formula is C15H10BrClFN3O. The van der Waals surface area contributed by atoms with Gasteiger partial charge in [0, 0.05) is 9.86 Å². The highest BCUT2D eigenvalue weighted by atomic mass is 79.9. The first-order valence-electron chi connectivity index (χ1n) is 6.29. The lowest BCUT2D eigenvalue weighted by Gasteiger charge is -2.11. The summed E-state index contributed by atoms with van der Waals surface area (Å²) >= 11 is 9.19. The molecule has 0 atom stereocenters. The number of hydrogen-bond donors (Lipinski definition) is 1. The topological polar surface area (TPSA) is 47.0 Å². The van der Waals surface area contributed by atoms with E-state index in [9.17, 15) is 4.39 Å². The Morgan fingerprint density at radius 3 is 2.82 bits per heavy atom. The summed E-state index contributed by atoms with van der Waals surface area (Å²) in [6, 6.07) is 8.20. The van der Waals surface area contributed by atoms with Gasteiger partial charge in [0.15, 0.2) is 0 Å². The summed E-state index contributed by atoms with van der Waals surface area (Å²) < 4.78 is 19.7. The monoisotopic (exact) mass is 381 g/mol. The number of ether oxygens (including phenoxy) is 1. The summed E-state index contributed by atoms with van der Waals surface area (Å²) in [6.07, 6.45) is 1.41. The number of anilines is 2. The average molecular weight is 383 g/mol. The Kier molecular flexibility index (Phi) is 4.13. The third-order valence-electron chi connectivity index (χ3n) is 3.11. The van der Waals surface area contributed by atoms with Gasteiger partial charge in [0.25, 0.3) is 0 Å². The summed E-state index contributed by atoms with van der Waals surface area (Å²) in [7, 11) is 1.58. The zero-order valence-electron chi connectivity index (χ0n) is 11.4. The molecule has 0 aliphatic heterocycles. The Labute approximate surface area is 139 Å². The molecule has 0 bridgehead atoms. The molecule has 0 saturated carbocycles. The molecule has 22 heavy (non-hydrogen) atoms. The fourth-order valence-electron chi connectivity index (χ4n) is 2.01. The van der Waals surface area contributed by atoms with E-state index in [1.807, 2.05) is 6.07 Å². The third kappa shape index (κ3) is 2.84. The molecule has 0 aliphatic carbocycles. The van der Waals surface area contributed by atoms with Crippen molar-refractivity contribution < 1.29 is 9.13 Å². The molecule has 7 heteroatoms. The standard InChI is InChI=1S/C15H10BrClFN3O/c1-22-8-2-3-13-9(4-8)15(20-7-19-13)21-14-6-11(17)10(16)5-12(14)18/h2-7H,1H3,(H,19,20,21). The lowest BCUT2D eigenvalue weighted by Crippen LogP contribution is -1.99. The van der Waals surface area contributed by atoms with E-state index in [1.54, 1.807) is 19.2 Å². The van der Waals surface area contributed by atoms with E-state index >= 15 is 0 Å². The van der Waals surface area contributed by atoms with Crippen molar-refractivity contribution in [1.82, 2.24) is 9.97 Å². The van der Waals surface area contributed by atoms with Crippen LogP contribution in [0.2, 0.25) is 5.02 Å². The van der Waals surface area contributed by atoms with Crippen molar-refractivity contribution in [2.45, 2.75) is 0 Å². The molecule has 3 aromatic rings. The van der Waals surface area contributed by atoms with Gasteiger partial charge in [0.05, 0.1) is 23.3 Å². The van der Waals surface area contributed by atoms with Crippen molar-refractivity contribution in [1.29, 1.82) is 0 Å². The average Bonchev–Trinajstić information content (AvgIpc) is 2.52. The fourth-order valence-corrected chi connectivity index (χ4v) is 2.49. The lowest BCUT2D eigenvalue weighted by molar-refractivity contribution is 0.415. The van der Waals surface area contributed by atoms with Crippen LogP contribution in [0.5, 0.6) is 5.75 Å². The van der Waals surface area contributed by atoms with Gasteiger partial charge in [-0.15, -0.1) is 0 Å². The van der Waals surface area contributed by atoms with Gasteiger partial charge in [-0.2, -0.15) is 0 Å². The zero-order chi connectivity index (χ0) is 15.7. The van der Waals surface area contributed by atoms with E-state index in [4.69, 9.17) is 16.3 Å². The molecule has 0 aliphatic rings. The Bertz CT molecular complexity index is 860. The van der Waals surface area contributed by atoms with Crippen LogP contribution in [0.25, 0.3) is 10.9 Å². The minimum absolute atomic E-state index is 0.232. The highest BCUT2D eigenvalue weighted by molar-refractivity contribution is 9.10. The summed E-state index contributed by atoms with van der Waals surface area (Å²) in [5.41, 5.74) is 0.956. The molecule has 2 aromatic carbocycles. The molecule has 0 spiro atoms. The Morgan fingerprint density at radius 2 is 2.05 bits per heavy atom. The summed E-state index contributed by atoms with van der Waals surface area (Å²) in [5, 5.41) is 4.07. The van der Waals surface area contributed by atoms with E-state index in [-0.39, 0.29) is 5.69 Å². The van der Waals surface area contributed by atoms with Crippen LogP contribution < -0.4 is 10.1 Å². The lowest BCUT2D eigenvalue weighted by atomic mass is 10.2. The van der Waals surface area contributed by atoms with E-state index in [0.717, 1.165) is 10.9 Å². The van der Waals surface area contributed by atoms with Crippen LogP contribution in [0.3, 0.4) is 0 Å². The van der Waals surface area contributed by atoms with Gasteiger partial charge in [-0.05, 0) is 46.3 Å². The smallest absolute Gasteiger partial charge is 0.147 e. The second-order valence-corrected chi connectivity index (χ2v) is 5.74. The van der Waals surface area contributed by atoms with Gasteiger partial charge in [0.2, 0.25) is 0 Å². The van der Waals surface area contributed by atoms with Crippen LogP contribution in [0.1, 0.15) is 0 Å². The summed E-state index contributed by atoms with van der Waals surface area (Å²) in [4.78, 5) is 8.35. The highest BCUT2D eigenvalue weighted by Gasteiger charge is 2.11. The molecule has 0 saturated heterocycles. The quantitative estimate of drug-likeness (QED) is 0.652. The predicted molar refractivity (Wildman–Crippen MR) is 88.5 cm³/mol. The molecule has 0 unspecified atom stereocenters. The first kappa shape index (κ1) is 15.0. The molecule has 0 amide bonds. The Balaban J connectivity index is 2.09. The van der Waals surface area contributed by atoms with Crippen molar-refractivity contribution in [2.24, 2.45) is 0 Å². The molecule has 4 nitrogen and oxygen atoms in total. The predicted octanol–water partition coefficient (Wildman–Crippen LogP) is 4.94. The number of fused-ring (bicyclic) bond motifs is 1. The van der Waals surface area contributed by atoms with Gasteiger partial charge in [-0.1, -0.05) is 11.6 Å². The molecule has 3 rings (SSSR count). The van der Waals surface area contributed by atoms with Gasteiger partial charge in [-0.25, -0.2) is 14.4 Å². The van der Waals surface area contributed by atoms with E-state index in [0.29, 0.717) is 21.1 Å². The fraction of sp³-hybridized carbons (Fsp3) is 0.0667. The normalized spacial score (nSPS) is 10.7. The third-order valence-corrected chi connectivity index (χ3v) is 4.30. The second-order valence-electron chi connectivity index (χ2n) is 4.48. The number of benzene rings is 2. The second kappa shape index (κ2) is 6.06. The van der Waals surface area contributed by atoms with Gasteiger partial charge < -0.3 is 10.1 Å². The van der Waals surface area contributed by atoms with Crippen molar-refractivity contribution >= 4 is 49.9 Å². The first-order chi connectivity index (χ1) is 10.6. The van der Waals surface area contributed by atoms with Crippen molar-refractivity contribution in [3.05, 3.63) is 52.0 Å². The maximum absolute atomic E-state index is 14.0. The van der Waals surface area contributed by atoms with Crippen LogP contribution in [0.15, 0.2) is 41.1 Å². The minimum Gasteiger partial charge on any atom is -0.497 e. The molecule has 1 N–H and O–H groups in total. The van der Waals surface area contributed by atoms with Crippen molar-refractivity contribution in [2.75, 3.05) is 12.4 Å². The maximum Gasteiger partial charge on any atom is 0.147 e. The highest BCUT2D eigenvalue weighted by Crippen LogP contribution is 2.32. The maximum atomic E-state index is 14.0. The molecule has 1 heterocycles. The number of rotatable bonds is 3. The van der Waals surface area contributed by atoms with Gasteiger partial charge in [-0.3, -0.25) is 0 Å². The first-order valence-corrected chi connectivity index (χ1v) is 7.46. The summed E-state index contributed by atoms with van der Waals surface area (Å²) in [6.45, 7) is 0. The number of halogens is 3. The summed E-state index contributed by atoms with van der Waals surface area (Å²) in [5.74, 6) is 0.701. The number of methoxy groups -OCH3 is 1. The van der Waals surface area contributed by atoms with Crippen LogP contribution in [0.4, 0.5) is 15.9 Å². The molecule has 1 aromatic heterocycles. The minimum atomic E-state index is -0.439. The molecule has 0 fully saturated rings. The molecular weight excluding hydrogens is 373 g/mol. The van der Waals surface area contributed by atoms with Gasteiger partial charge >= 0.3 is 0 Å².